The molecule has 0 bridgehead atoms. The molecule has 1 aliphatic rings. The Morgan fingerprint density at radius 1 is 1.40 bits per heavy atom. The third-order valence-corrected chi connectivity index (χ3v) is 3.99. The molecule has 110 valence electrons. The van der Waals surface area contributed by atoms with Gasteiger partial charge < -0.3 is 15.3 Å². The Hall–Kier alpha value is -1.55. The van der Waals surface area contributed by atoms with Crippen LogP contribution in [0, 0.1) is 12.8 Å². The second-order valence-electron chi connectivity index (χ2n) is 5.56. The van der Waals surface area contributed by atoms with E-state index in [1.807, 2.05) is 24.8 Å². The van der Waals surface area contributed by atoms with Gasteiger partial charge in [-0.1, -0.05) is 11.6 Å². The van der Waals surface area contributed by atoms with E-state index in [2.05, 4.69) is 5.32 Å². The number of hydrogen-bond donors (Lipinski definition) is 2. The van der Waals surface area contributed by atoms with Crippen molar-refractivity contribution in [3.63, 3.8) is 0 Å². The van der Waals surface area contributed by atoms with Gasteiger partial charge in [0.1, 0.15) is 5.75 Å². The number of carbonyl (C=O) groups is 1. The maximum atomic E-state index is 12.6. The second-order valence-corrected chi connectivity index (χ2v) is 5.56. The molecule has 1 saturated heterocycles. The van der Waals surface area contributed by atoms with Crippen molar-refractivity contribution in [3.8, 4) is 5.75 Å². The highest BCUT2D eigenvalue weighted by atomic mass is 16.3. The van der Waals surface area contributed by atoms with Crippen molar-refractivity contribution >= 4 is 5.91 Å². The van der Waals surface area contributed by atoms with E-state index in [1.165, 1.54) is 0 Å². The summed E-state index contributed by atoms with van der Waals surface area (Å²) in [5.74, 6) is 0.573. The Kier molecular flexibility index (Phi) is 5.01. The van der Waals surface area contributed by atoms with Crippen molar-refractivity contribution in [2.75, 3.05) is 26.2 Å². The van der Waals surface area contributed by atoms with E-state index in [-0.39, 0.29) is 11.7 Å². The normalized spacial score (nSPS) is 16.1. The smallest absolute Gasteiger partial charge is 0.257 e. The number of carbonyl (C=O) groups excluding carboxylic acids is 1. The molecule has 0 aromatic heterocycles. The highest BCUT2D eigenvalue weighted by molar-refractivity contribution is 5.97. The molecule has 0 saturated carbocycles. The van der Waals surface area contributed by atoms with Gasteiger partial charge in [-0.2, -0.15) is 0 Å². The van der Waals surface area contributed by atoms with E-state index in [4.69, 9.17) is 0 Å². The first-order chi connectivity index (χ1) is 9.61. The highest BCUT2D eigenvalue weighted by Gasteiger charge is 2.22. The molecule has 4 heteroatoms. The van der Waals surface area contributed by atoms with Gasteiger partial charge in [0.05, 0.1) is 5.56 Å². The molecule has 20 heavy (non-hydrogen) atoms. The molecule has 1 amide bonds. The zero-order valence-electron chi connectivity index (χ0n) is 12.4. The Morgan fingerprint density at radius 3 is 2.75 bits per heavy atom. The molecule has 0 spiro atoms. The van der Waals surface area contributed by atoms with Crippen molar-refractivity contribution < 1.29 is 9.90 Å². The van der Waals surface area contributed by atoms with Crippen LogP contribution in [0.4, 0.5) is 0 Å². The van der Waals surface area contributed by atoms with Gasteiger partial charge in [-0.15, -0.1) is 0 Å². The number of piperidine rings is 1. The molecule has 1 fully saturated rings. The molecular formula is C16H24N2O2. The number of aromatic hydroxyl groups is 1. The quantitative estimate of drug-likeness (QED) is 0.886. The van der Waals surface area contributed by atoms with Crippen LogP contribution in [-0.2, 0) is 0 Å². The largest absolute Gasteiger partial charge is 0.507 e. The van der Waals surface area contributed by atoms with Gasteiger partial charge in [-0.05, 0) is 57.8 Å². The number of nitrogens with zero attached hydrogens (tertiary/aromatic N) is 1. The fourth-order valence-corrected chi connectivity index (χ4v) is 2.72. The molecule has 0 unspecified atom stereocenters. The van der Waals surface area contributed by atoms with Crippen LogP contribution in [-0.4, -0.2) is 42.1 Å². The molecule has 4 nitrogen and oxygen atoms in total. The average molecular weight is 276 g/mol. The minimum Gasteiger partial charge on any atom is -0.507 e. The van der Waals surface area contributed by atoms with E-state index in [0.29, 0.717) is 18.0 Å². The van der Waals surface area contributed by atoms with Crippen LogP contribution in [0.5, 0.6) is 5.75 Å². The van der Waals surface area contributed by atoms with Crippen LogP contribution in [0.3, 0.4) is 0 Å². The zero-order chi connectivity index (χ0) is 14.5. The lowest BCUT2D eigenvalue weighted by Gasteiger charge is -2.29. The van der Waals surface area contributed by atoms with Gasteiger partial charge in [0.2, 0.25) is 0 Å². The van der Waals surface area contributed by atoms with Gasteiger partial charge in [0, 0.05) is 13.1 Å². The van der Waals surface area contributed by atoms with Crippen molar-refractivity contribution in [2.45, 2.75) is 26.7 Å². The molecule has 0 radical (unpaired) electrons. The van der Waals surface area contributed by atoms with Crippen LogP contribution in [0.15, 0.2) is 18.2 Å². The molecule has 1 heterocycles. The van der Waals surface area contributed by atoms with Crippen LogP contribution in [0.2, 0.25) is 0 Å². The molecule has 1 aromatic carbocycles. The second kappa shape index (κ2) is 6.75. The first kappa shape index (κ1) is 14.9. The van der Waals surface area contributed by atoms with E-state index in [1.54, 1.807) is 12.1 Å². The minimum atomic E-state index is -0.0627. The predicted molar refractivity (Wildman–Crippen MR) is 80.0 cm³/mol. The number of phenols is 1. The third kappa shape index (κ3) is 3.51. The Bertz CT molecular complexity index is 468. The lowest BCUT2D eigenvalue weighted by molar-refractivity contribution is 0.0723. The lowest BCUT2D eigenvalue weighted by Crippen LogP contribution is -2.39. The highest BCUT2D eigenvalue weighted by Crippen LogP contribution is 2.22. The topological polar surface area (TPSA) is 52.6 Å². The molecular weight excluding hydrogens is 252 g/mol. The van der Waals surface area contributed by atoms with Gasteiger partial charge in [-0.3, -0.25) is 4.79 Å². The number of amides is 1. The monoisotopic (exact) mass is 276 g/mol. The van der Waals surface area contributed by atoms with Crippen molar-refractivity contribution in [2.24, 2.45) is 5.92 Å². The predicted octanol–water partition coefficient (Wildman–Crippen LogP) is 2.16. The maximum Gasteiger partial charge on any atom is 0.257 e. The summed E-state index contributed by atoms with van der Waals surface area (Å²) < 4.78 is 0. The Labute approximate surface area is 120 Å². The summed E-state index contributed by atoms with van der Waals surface area (Å²) >= 11 is 0. The molecule has 0 atom stereocenters. The van der Waals surface area contributed by atoms with E-state index in [0.717, 1.165) is 38.0 Å². The van der Waals surface area contributed by atoms with Crippen molar-refractivity contribution in [1.82, 2.24) is 10.2 Å². The number of hydrogen-bond acceptors (Lipinski definition) is 3. The first-order valence-electron chi connectivity index (χ1n) is 7.41. The average Bonchev–Trinajstić information content (AvgIpc) is 2.47. The zero-order valence-corrected chi connectivity index (χ0v) is 12.4. The van der Waals surface area contributed by atoms with E-state index >= 15 is 0 Å². The molecule has 1 aliphatic heterocycles. The summed E-state index contributed by atoms with van der Waals surface area (Å²) in [4.78, 5) is 14.4. The number of benzene rings is 1. The fraction of sp³-hybridized carbons (Fsp3) is 0.562. The number of phenolic OH excluding ortho intramolecular Hbond substituents is 1. The van der Waals surface area contributed by atoms with Gasteiger partial charge in [-0.25, -0.2) is 0 Å². The fourth-order valence-electron chi connectivity index (χ4n) is 2.72. The SMILES string of the molecule is CCN(CC1CCNCC1)C(=O)c1cc(C)ccc1O. The van der Waals surface area contributed by atoms with Gasteiger partial charge in [0.15, 0.2) is 0 Å². The molecule has 0 aliphatic carbocycles. The van der Waals surface area contributed by atoms with Gasteiger partial charge >= 0.3 is 0 Å². The van der Waals surface area contributed by atoms with Crippen LogP contribution in [0.1, 0.15) is 35.7 Å². The molecule has 1 aromatic rings. The summed E-state index contributed by atoms with van der Waals surface area (Å²) in [6.07, 6.45) is 2.23. The van der Waals surface area contributed by atoms with Crippen LogP contribution in [0.25, 0.3) is 0 Å². The van der Waals surface area contributed by atoms with Crippen molar-refractivity contribution in [3.05, 3.63) is 29.3 Å². The van der Waals surface area contributed by atoms with Crippen LogP contribution < -0.4 is 5.32 Å². The standard InChI is InChI=1S/C16H24N2O2/c1-3-18(11-13-6-8-17-9-7-13)16(20)14-10-12(2)4-5-15(14)19/h4-5,10,13,17,19H,3,6-9,11H2,1-2H3. The Morgan fingerprint density at radius 2 is 2.10 bits per heavy atom. The maximum absolute atomic E-state index is 12.6. The summed E-state index contributed by atoms with van der Waals surface area (Å²) in [6.45, 7) is 7.45. The third-order valence-electron chi connectivity index (χ3n) is 3.99. The lowest BCUT2D eigenvalue weighted by atomic mass is 9.97. The molecule has 2 N–H and O–H groups in total. The first-order valence-corrected chi connectivity index (χ1v) is 7.41. The van der Waals surface area contributed by atoms with Crippen molar-refractivity contribution in [1.29, 1.82) is 0 Å². The summed E-state index contributed by atoms with van der Waals surface area (Å²) in [6, 6.07) is 5.18. The van der Waals surface area contributed by atoms with Gasteiger partial charge in [0.25, 0.3) is 5.91 Å². The number of aryl methyl sites for hydroxylation is 1. The van der Waals surface area contributed by atoms with E-state index < -0.39 is 0 Å². The summed E-state index contributed by atoms with van der Waals surface area (Å²) in [7, 11) is 0. The number of rotatable bonds is 4. The molecule has 2 rings (SSSR count). The Balaban J connectivity index is 2.09. The van der Waals surface area contributed by atoms with E-state index in [9.17, 15) is 9.90 Å². The summed E-state index contributed by atoms with van der Waals surface area (Å²) in [5, 5.41) is 13.2. The summed E-state index contributed by atoms with van der Waals surface area (Å²) in [5.41, 5.74) is 1.41. The number of nitrogens with one attached hydrogen (secondary N) is 1. The minimum absolute atomic E-state index is 0.0627. The van der Waals surface area contributed by atoms with Crippen LogP contribution >= 0.6 is 0 Å².